The van der Waals surface area contributed by atoms with Crippen molar-refractivity contribution in [1.29, 1.82) is 0 Å². The average Bonchev–Trinajstić information content (AvgIpc) is 2.65. The smallest absolute Gasteiger partial charge is 0.134 e. The molecule has 1 heterocycles. The van der Waals surface area contributed by atoms with Gasteiger partial charge in [-0.2, -0.15) is 0 Å². The molecule has 0 unspecified atom stereocenters. The Labute approximate surface area is 82.5 Å². The number of carbonyl (C=O) groups excluding carboxylic acids is 1. The van der Waals surface area contributed by atoms with E-state index < -0.39 is 0 Å². The molecule has 2 rings (SSSR count). The van der Waals surface area contributed by atoms with E-state index in [1.807, 2.05) is 12.1 Å². The molecule has 2 nitrogen and oxygen atoms in total. The minimum absolute atomic E-state index is 0.635. The summed E-state index contributed by atoms with van der Waals surface area (Å²) in [7, 11) is 0. The number of hydrogen-bond acceptors (Lipinski definition) is 2. The summed E-state index contributed by atoms with van der Waals surface area (Å²) in [6.45, 7) is 0. The number of rotatable bonds is 4. The molecule has 0 radical (unpaired) electrons. The van der Waals surface area contributed by atoms with Gasteiger partial charge in [0.05, 0.1) is 6.26 Å². The van der Waals surface area contributed by atoms with E-state index in [4.69, 9.17) is 4.42 Å². The third-order valence-electron chi connectivity index (χ3n) is 2.31. The fourth-order valence-electron chi connectivity index (χ4n) is 1.54. The Hall–Kier alpha value is -1.57. The molecule has 0 saturated heterocycles. The van der Waals surface area contributed by atoms with Gasteiger partial charge in [0.15, 0.2) is 0 Å². The lowest BCUT2D eigenvalue weighted by Crippen LogP contribution is -1.85. The van der Waals surface area contributed by atoms with Crippen LogP contribution in [0, 0.1) is 0 Å². The first kappa shape index (κ1) is 9.00. The maximum Gasteiger partial charge on any atom is 0.134 e. The van der Waals surface area contributed by atoms with Crippen molar-refractivity contribution in [3.8, 4) is 0 Å². The van der Waals surface area contributed by atoms with Crippen LogP contribution in [0.15, 0.2) is 34.9 Å². The van der Waals surface area contributed by atoms with Gasteiger partial charge in [-0.3, -0.25) is 0 Å². The minimum atomic E-state index is 0.635. The van der Waals surface area contributed by atoms with Crippen molar-refractivity contribution in [2.75, 3.05) is 0 Å². The van der Waals surface area contributed by atoms with Crippen molar-refractivity contribution in [3.63, 3.8) is 0 Å². The van der Waals surface area contributed by atoms with Crippen LogP contribution in [0.3, 0.4) is 0 Å². The molecule has 14 heavy (non-hydrogen) atoms. The van der Waals surface area contributed by atoms with E-state index in [0.29, 0.717) is 6.42 Å². The highest BCUT2D eigenvalue weighted by Gasteiger charge is 1.98. The van der Waals surface area contributed by atoms with Crippen LogP contribution in [-0.2, 0) is 11.2 Å². The first-order valence-corrected chi connectivity index (χ1v) is 4.80. The molecular formula is C12H12O2. The number of furan rings is 1. The van der Waals surface area contributed by atoms with Crippen LogP contribution in [0.5, 0.6) is 0 Å². The van der Waals surface area contributed by atoms with Crippen LogP contribution >= 0.6 is 0 Å². The SMILES string of the molecule is O=CCCCc1ccc2ccoc2c1. The Morgan fingerprint density at radius 3 is 3.07 bits per heavy atom. The molecule has 1 aromatic carbocycles. The summed E-state index contributed by atoms with van der Waals surface area (Å²) in [5.74, 6) is 0. The predicted molar refractivity (Wildman–Crippen MR) is 55.2 cm³/mol. The molecule has 0 spiro atoms. The number of hydrogen-bond donors (Lipinski definition) is 0. The molecular weight excluding hydrogens is 176 g/mol. The molecule has 2 aromatic rings. The number of benzene rings is 1. The Morgan fingerprint density at radius 2 is 2.21 bits per heavy atom. The van der Waals surface area contributed by atoms with Crippen LogP contribution in [0.4, 0.5) is 0 Å². The van der Waals surface area contributed by atoms with Gasteiger partial charge in [-0.1, -0.05) is 12.1 Å². The van der Waals surface area contributed by atoms with Crippen molar-refractivity contribution in [2.45, 2.75) is 19.3 Å². The van der Waals surface area contributed by atoms with E-state index in [-0.39, 0.29) is 0 Å². The number of aryl methyl sites for hydroxylation is 1. The molecule has 0 N–H and O–H groups in total. The van der Waals surface area contributed by atoms with E-state index in [1.54, 1.807) is 6.26 Å². The lowest BCUT2D eigenvalue weighted by molar-refractivity contribution is -0.107. The zero-order chi connectivity index (χ0) is 9.80. The van der Waals surface area contributed by atoms with Crippen LogP contribution in [0.2, 0.25) is 0 Å². The highest BCUT2D eigenvalue weighted by Crippen LogP contribution is 2.17. The normalized spacial score (nSPS) is 10.6. The van der Waals surface area contributed by atoms with E-state index in [9.17, 15) is 4.79 Å². The first-order chi connectivity index (χ1) is 6.90. The largest absolute Gasteiger partial charge is 0.464 e. The minimum Gasteiger partial charge on any atom is -0.464 e. The lowest BCUT2D eigenvalue weighted by atomic mass is 10.1. The van der Waals surface area contributed by atoms with Gasteiger partial charge in [0.1, 0.15) is 11.9 Å². The third-order valence-corrected chi connectivity index (χ3v) is 2.31. The van der Waals surface area contributed by atoms with Gasteiger partial charge >= 0.3 is 0 Å². The third kappa shape index (κ3) is 1.84. The topological polar surface area (TPSA) is 30.2 Å². The van der Waals surface area contributed by atoms with Crippen LogP contribution in [-0.4, -0.2) is 6.29 Å². The summed E-state index contributed by atoms with van der Waals surface area (Å²) in [5, 5.41) is 1.13. The zero-order valence-electron chi connectivity index (χ0n) is 7.90. The lowest BCUT2D eigenvalue weighted by Gasteiger charge is -1.98. The van der Waals surface area contributed by atoms with E-state index in [2.05, 4.69) is 12.1 Å². The monoisotopic (exact) mass is 188 g/mol. The van der Waals surface area contributed by atoms with Crippen molar-refractivity contribution in [1.82, 2.24) is 0 Å². The second-order valence-electron chi connectivity index (χ2n) is 3.35. The van der Waals surface area contributed by atoms with Crippen molar-refractivity contribution in [2.24, 2.45) is 0 Å². The fraction of sp³-hybridized carbons (Fsp3) is 0.250. The second kappa shape index (κ2) is 4.09. The molecule has 0 aliphatic heterocycles. The quantitative estimate of drug-likeness (QED) is 0.545. The molecule has 0 saturated carbocycles. The van der Waals surface area contributed by atoms with E-state index in [0.717, 1.165) is 30.1 Å². The summed E-state index contributed by atoms with van der Waals surface area (Å²) >= 11 is 0. The van der Waals surface area contributed by atoms with Gasteiger partial charge in [0, 0.05) is 11.8 Å². The highest BCUT2D eigenvalue weighted by atomic mass is 16.3. The van der Waals surface area contributed by atoms with Gasteiger partial charge in [-0.25, -0.2) is 0 Å². The molecule has 0 amide bonds. The summed E-state index contributed by atoms with van der Waals surface area (Å²) in [4.78, 5) is 10.1. The fourth-order valence-corrected chi connectivity index (χ4v) is 1.54. The molecule has 0 aliphatic rings. The zero-order valence-corrected chi connectivity index (χ0v) is 7.90. The molecule has 72 valence electrons. The van der Waals surface area contributed by atoms with E-state index >= 15 is 0 Å². The summed E-state index contributed by atoms with van der Waals surface area (Å²) in [6, 6.07) is 8.13. The van der Waals surface area contributed by atoms with Crippen molar-refractivity contribution >= 4 is 17.3 Å². The Kier molecular flexibility index (Phi) is 2.63. The Balaban J connectivity index is 2.13. The van der Waals surface area contributed by atoms with Gasteiger partial charge in [-0.05, 0) is 30.5 Å². The van der Waals surface area contributed by atoms with Gasteiger partial charge < -0.3 is 9.21 Å². The number of aldehydes is 1. The highest BCUT2D eigenvalue weighted by molar-refractivity contribution is 5.77. The van der Waals surface area contributed by atoms with E-state index in [1.165, 1.54) is 5.56 Å². The number of fused-ring (bicyclic) bond motifs is 1. The van der Waals surface area contributed by atoms with Crippen LogP contribution < -0.4 is 0 Å². The average molecular weight is 188 g/mol. The molecule has 2 heteroatoms. The predicted octanol–water partition coefficient (Wildman–Crippen LogP) is 2.95. The van der Waals surface area contributed by atoms with Gasteiger partial charge in [0.25, 0.3) is 0 Å². The van der Waals surface area contributed by atoms with Gasteiger partial charge in [0.2, 0.25) is 0 Å². The van der Waals surface area contributed by atoms with Crippen LogP contribution in [0.25, 0.3) is 11.0 Å². The maximum absolute atomic E-state index is 10.1. The standard InChI is InChI=1S/C12H12O2/c13-7-2-1-3-10-4-5-11-6-8-14-12(11)9-10/h4-9H,1-3H2. The molecule has 0 bridgehead atoms. The van der Waals surface area contributed by atoms with Crippen LogP contribution in [0.1, 0.15) is 18.4 Å². The van der Waals surface area contributed by atoms with Crippen molar-refractivity contribution < 1.29 is 9.21 Å². The van der Waals surface area contributed by atoms with Crippen molar-refractivity contribution in [3.05, 3.63) is 36.1 Å². The maximum atomic E-state index is 10.1. The number of carbonyl (C=O) groups is 1. The summed E-state index contributed by atoms with van der Waals surface area (Å²) < 4.78 is 5.30. The molecule has 1 aromatic heterocycles. The summed E-state index contributed by atoms with van der Waals surface area (Å²) in [6.07, 6.45) is 5.15. The Bertz CT molecular complexity index is 429. The summed E-state index contributed by atoms with van der Waals surface area (Å²) in [5.41, 5.74) is 2.16. The Morgan fingerprint density at radius 1 is 1.29 bits per heavy atom. The molecule has 0 atom stereocenters. The molecule has 0 fully saturated rings. The first-order valence-electron chi connectivity index (χ1n) is 4.80. The van der Waals surface area contributed by atoms with Gasteiger partial charge in [-0.15, -0.1) is 0 Å². The molecule has 0 aliphatic carbocycles. The number of unbranched alkanes of at least 4 members (excludes halogenated alkanes) is 1. The second-order valence-corrected chi connectivity index (χ2v) is 3.35.